The van der Waals surface area contributed by atoms with Crippen LogP contribution in [0.25, 0.3) is 6.08 Å². The first kappa shape index (κ1) is 11.1. The van der Waals surface area contributed by atoms with Gasteiger partial charge in [0.05, 0.1) is 5.56 Å². The number of carboxylic acids is 2. The van der Waals surface area contributed by atoms with Crippen LogP contribution in [0.1, 0.15) is 26.3 Å². The van der Waals surface area contributed by atoms with Crippen LogP contribution in [0, 0.1) is 5.92 Å². The highest BCUT2D eigenvalue weighted by molar-refractivity contribution is 6.14. The Balaban J connectivity index is 2.49. The fourth-order valence-electron chi connectivity index (χ4n) is 1.71. The number of hydrogen-bond donors (Lipinski definition) is 2. The van der Waals surface area contributed by atoms with Crippen molar-refractivity contribution >= 4 is 23.8 Å². The second kappa shape index (κ2) is 3.86. The largest absolute Gasteiger partial charge is 0.480 e. The lowest BCUT2D eigenvalue weighted by Gasteiger charge is -2.15. The number of benzene rings is 1. The average Bonchev–Trinajstić information content (AvgIpc) is 2.28. The zero-order chi connectivity index (χ0) is 12.6. The van der Waals surface area contributed by atoms with E-state index in [2.05, 4.69) is 0 Å². The van der Waals surface area contributed by atoms with E-state index in [1.807, 2.05) is 0 Å². The van der Waals surface area contributed by atoms with Crippen molar-refractivity contribution < 1.29 is 24.6 Å². The molecule has 0 radical (unpaired) electrons. The molecule has 0 bridgehead atoms. The Bertz CT molecular complexity index is 556. The predicted octanol–water partition coefficient (Wildman–Crippen LogP) is 1.30. The van der Waals surface area contributed by atoms with Crippen LogP contribution < -0.4 is 0 Å². The number of fused-ring (bicyclic) bond motifs is 1. The van der Waals surface area contributed by atoms with Gasteiger partial charge >= 0.3 is 11.9 Å². The minimum atomic E-state index is -1.21. The van der Waals surface area contributed by atoms with E-state index in [-0.39, 0.29) is 11.1 Å². The smallest absolute Gasteiger partial charge is 0.335 e. The van der Waals surface area contributed by atoms with Gasteiger partial charge in [-0.25, -0.2) is 4.79 Å². The van der Waals surface area contributed by atoms with Crippen LogP contribution in [0.4, 0.5) is 0 Å². The summed E-state index contributed by atoms with van der Waals surface area (Å²) in [5, 5.41) is 17.6. The van der Waals surface area contributed by atoms with Crippen LogP contribution in [0.2, 0.25) is 0 Å². The van der Waals surface area contributed by atoms with Crippen molar-refractivity contribution in [2.45, 2.75) is 0 Å². The summed E-state index contributed by atoms with van der Waals surface area (Å²) >= 11 is 0. The molecule has 5 nitrogen and oxygen atoms in total. The summed E-state index contributed by atoms with van der Waals surface area (Å²) in [6.07, 6.45) is 2.72. The highest BCUT2D eigenvalue weighted by Gasteiger charge is 2.29. The lowest BCUT2D eigenvalue weighted by atomic mass is 9.87. The van der Waals surface area contributed by atoms with Crippen molar-refractivity contribution in [2.75, 3.05) is 0 Å². The predicted molar refractivity (Wildman–Crippen MR) is 57.9 cm³/mol. The molecule has 1 aliphatic rings. The molecule has 1 atom stereocenters. The minimum absolute atomic E-state index is 0.0648. The summed E-state index contributed by atoms with van der Waals surface area (Å²) in [4.78, 5) is 33.3. The van der Waals surface area contributed by atoms with Gasteiger partial charge in [-0.2, -0.15) is 0 Å². The van der Waals surface area contributed by atoms with Gasteiger partial charge in [0.25, 0.3) is 0 Å². The van der Waals surface area contributed by atoms with E-state index < -0.39 is 23.6 Å². The third-order valence-electron chi connectivity index (χ3n) is 2.58. The lowest BCUT2D eigenvalue weighted by Crippen LogP contribution is -2.24. The SMILES string of the molecule is O=C(O)c1ccc2c(c1)C=CC(C(=O)O)C2=O. The van der Waals surface area contributed by atoms with Gasteiger partial charge < -0.3 is 10.2 Å². The molecule has 0 heterocycles. The number of carbonyl (C=O) groups is 3. The molecule has 0 spiro atoms. The second-order valence-corrected chi connectivity index (χ2v) is 3.65. The average molecular weight is 232 g/mol. The summed E-state index contributed by atoms with van der Waals surface area (Å²) in [5.41, 5.74) is 0.743. The summed E-state index contributed by atoms with van der Waals surface area (Å²) in [7, 11) is 0. The molecule has 0 fully saturated rings. The van der Waals surface area contributed by atoms with Crippen LogP contribution in [0.3, 0.4) is 0 Å². The van der Waals surface area contributed by atoms with Gasteiger partial charge in [0, 0.05) is 5.56 Å². The zero-order valence-corrected chi connectivity index (χ0v) is 8.58. The first-order chi connectivity index (χ1) is 8.00. The van der Waals surface area contributed by atoms with E-state index >= 15 is 0 Å². The van der Waals surface area contributed by atoms with Crippen molar-refractivity contribution in [3.8, 4) is 0 Å². The molecule has 1 aromatic rings. The topological polar surface area (TPSA) is 91.7 Å². The van der Waals surface area contributed by atoms with Crippen molar-refractivity contribution in [3.63, 3.8) is 0 Å². The first-order valence-corrected chi connectivity index (χ1v) is 4.83. The Labute approximate surface area is 96.0 Å². The Morgan fingerprint density at radius 3 is 2.47 bits per heavy atom. The molecular weight excluding hydrogens is 224 g/mol. The molecule has 5 heteroatoms. The van der Waals surface area contributed by atoms with Gasteiger partial charge in [0.15, 0.2) is 5.78 Å². The van der Waals surface area contributed by atoms with Crippen molar-refractivity contribution in [3.05, 3.63) is 41.0 Å². The molecule has 2 rings (SSSR count). The molecule has 0 aromatic heterocycles. The van der Waals surface area contributed by atoms with Crippen molar-refractivity contribution in [1.82, 2.24) is 0 Å². The highest BCUT2D eigenvalue weighted by atomic mass is 16.4. The normalized spacial score (nSPS) is 17.6. The maximum absolute atomic E-state index is 11.8. The van der Waals surface area contributed by atoms with Crippen molar-refractivity contribution in [1.29, 1.82) is 0 Å². The minimum Gasteiger partial charge on any atom is -0.480 e. The molecule has 0 aliphatic heterocycles. The maximum atomic E-state index is 11.8. The number of carboxylic acid groups (broad SMARTS) is 2. The van der Waals surface area contributed by atoms with E-state index in [0.29, 0.717) is 5.56 Å². The Hall–Kier alpha value is -2.43. The van der Waals surface area contributed by atoms with E-state index in [1.165, 1.54) is 30.4 Å². The van der Waals surface area contributed by atoms with E-state index in [4.69, 9.17) is 10.2 Å². The molecule has 0 saturated carbocycles. The Morgan fingerprint density at radius 2 is 1.88 bits per heavy atom. The van der Waals surface area contributed by atoms with Crippen LogP contribution in [0.5, 0.6) is 0 Å². The van der Waals surface area contributed by atoms with Crippen molar-refractivity contribution in [2.24, 2.45) is 5.92 Å². The van der Waals surface area contributed by atoms with E-state index in [0.717, 1.165) is 0 Å². The summed E-state index contributed by atoms with van der Waals surface area (Å²) in [6.45, 7) is 0. The third kappa shape index (κ3) is 1.82. The molecular formula is C12H8O5. The Kier molecular flexibility index (Phi) is 2.51. The summed E-state index contributed by atoms with van der Waals surface area (Å²) in [6, 6.07) is 3.99. The lowest BCUT2D eigenvalue weighted by molar-refractivity contribution is -0.138. The van der Waals surface area contributed by atoms with E-state index in [9.17, 15) is 14.4 Å². The van der Waals surface area contributed by atoms with Gasteiger partial charge in [0.2, 0.25) is 0 Å². The number of rotatable bonds is 2. The van der Waals surface area contributed by atoms with Crippen LogP contribution in [0.15, 0.2) is 24.3 Å². The van der Waals surface area contributed by atoms with Gasteiger partial charge in [-0.15, -0.1) is 0 Å². The van der Waals surface area contributed by atoms with Gasteiger partial charge in [-0.1, -0.05) is 12.2 Å². The number of aromatic carboxylic acids is 1. The molecule has 1 aliphatic carbocycles. The monoisotopic (exact) mass is 232 g/mol. The molecule has 86 valence electrons. The molecule has 1 aromatic carbocycles. The molecule has 0 saturated heterocycles. The molecule has 2 N–H and O–H groups in total. The molecule has 0 amide bonds. The van der Waals surface area contributed by atoms with Gasteiger partial charge in [-0.05, 0) is 23.8 Å². The molecule has 1 unspecified atom stereocenters. The van der Waals surface area contributed by atoms with Gasteiger partial charge in [-0.3, -0.25) is 9.59 Å². The Morgan fingerprint density at radius 1 is 1.18 bits per heavy atom. The number of aliphatic carboxylic acids is 1. The number of hydrogen-bond acceptors (Lipinski definition) is 3. The zero-order valence-electron chi connectivity index (χ0n) is 8.58. The fourth-order valence-corrected chi connectivity index (χ4v) is 1.71. The fraction of sp³-hybridized carbons (Fsp3) is 0.0833. The first-order valence-electron chi connectivity index (χ1n) is 4.83. The highest BCUT2D eigenvalue weighted by Crippen LogP contribution is 2.24. The maximum Gasteiger partial charge on any atom is 0.335 e. The quantitative estimate of drug-likeness (QED) is 0.749. The summed E-state index contributed by atoms with van der Waals surface area (Å²) < 4.78 is 0. The van der Waals surface area contributed by atoms with Crippen LogP contribution in [-0.2, 0) is 4.79 Å². The second-order valence-electron chi connectivity index (χ2n) is 3.65. The molecule has 17 heavy (non-hydrogen) atoms. The van der Waals surface area contributed by atoms with Crippen LogP contribution in [-0.4, -0.2) is 27.9 Å². The number of carbonyl (C=O) groups excluding carboxylic acids is 1. The number of ketones is 1. The summed E-state index contributed by atoms with van der Waals surface area (Å²) in [5.74, 6) is -4.00. The number of Topliss-reactive ketones (excluding diaryl/α,β-unsaturated/α-hetero) is 1. The standard InChI is InChI=1S/C12H8O5/c13-10-8-3-2-7(11(14)15)5-6(8)1-4-9(10)12(16)17/h1-5,9H,(H,14,15)(H,16,17). The van der Waals surface area contributed by atoms with Crippen LogP contribution >= 0.6 is 0 Å². The van der Waals surface area contributed by atoms with E-state index in [1.54, 1.807) is 0 Å². The van der Waals surface area contributed by atoms with Gasteiger partial charge in [0.1, 0.15) is 5.92 Å². The third-order valence-corrected chi connectivity index (χ3v) is 2.58.